The monoisotopic (exact) mass is 342 g/mol. The molecule has 0 radical (unpaired) electrons. The van der Waals surface area contributed by atoms with Gasteiger partial charge in [0.05, 0.1) is 17.6 Å². The van der Waals surface area contributed by atoms with Gasteiger partial charge in [-0.1, -0.05) is 10.3 Å². The molecule has 25 heavy (non-hydrogen) atoms. The largest absolute Gasteiger partial charge is 0.364 e. The summed E-state index contributed by atoms with van der Waals surface area (Å²) in [5.74, 6) is -0.224. The third-order valence-electron chi connectivity index (χ3n) is 3.46. The highest BCUT2D eigenvalue weighted by Crippen LogP contribution is 2.24. The van der Waals surface area contributed by atoms with Gasteiger partial charge in [0.15, 0.2) is 11.6 Å². The highest BCUT2D eigenvalue weighted by molar-refractivity contribution is 5.62. The number of rotatable bonds is 4. The molecule has 10 heteroatoms. The average molecular weight is 342 g/mol. The molecule has 0 amide bonds. The van der Waals surface area contributed by atoms with Crippen LogP contribution in [-0.2, 0) is 6.54 Å². The third kappa shape index (κ3) is 2.84. The van der Waals surface area contributed by atoms with Gasteiger partial charge < -0.3 is 14.0 Å². The first kappa shape index (κ1) is 15.0. The van der Waals surface area contributed by atoms with E-state index < -0.39 is 11.4 Å². The fraction of sp³-hybridized carbons (Fsp3) is 0.133. The van der Waals surface area contributed by atoms with Gasteiger partial charge in [0.25, 0.3) is 5.56 Å². The second-order valence-electron chi connectivity index (χ2n) is 5.30. The average Bonchev–Trinajstić information content (AvgIpc) is 3.31. The molecule has 0 aliphatic carbocycles. The lowest BCUT2D eigenvalue weighted by Gasteiger charge is -2.01. The van der Waals surface area contributed by atoms with Crippen molar-refractivity contribution in [2.75, 3.05) is 0 Å². The lowest BCUT2D eigenvalue weighted by molar-refractivity contribution is 0.368. The Morgan fingerprint density at radius 2 is 2.16 bits per heavy atom. The topological polar surface area (TPSA) is 116 Å². The van der Waals surface area contributed by atoms with Crippen molar-refractivity contribution in [2.24, 2.45) is 0 Å². The van der Waals surface area contributed by atoms with Crippen molar-refractivity contribution in [3.8, 4) is 22.9 Å². The lowest BCUT2D eigenvalue weighted by Crippen LogP contribution is -2.12. The smallest absolute Gasteiger partial charge is 0.287 e. The molecule has 0 saturated carbocycles. The van der Waals surface area contributed by atoms with Crippen molar-refractivity contribution in [1.82, 2.24) is 30.1 Å². The van der Waals surface area contributed by atoms with E-state index in [0.717, 1.165) is 11.9 Å². The number of hydrogen-bond donors (Lipinski definition) is 1. The maximum Gasteiger partial charge on any atom is 0.287 e. The molecule has 1 N–H and O–H groups in total. The van der Waals surface area contributed by atoms with E-state index in [2.05, 4.69) is 25.4 Å². The summed E-state index contributed by atoms with van der Waals surface area (Å²) < 4.78 is 24.8. The first-order valence-electron chi connectivity index (χ1n) is 7.26. The molecule has 0 fully saturated rings. The number of aryl methyl sites for hydroxylation is 1. The molecule has 0 bridgehead atoms. The molecule has 4 rings (SSSR count). The van der Waals surface area contributed by atoms with Crippen LogP contribution >= 0.6 is 0 Å². The van der Waals surface area contributed by atoms with Crippen LogP contribution in [0.15, 0.2) is 44.5 Å². The summed E-state index contributed by atoms with van der Waals surface area (Å²) in [6, 6.07) is 5.12. The standard InChI is InChI=1S/C15H11FN6O3/c1-8-4-9(25-20-8)7-22-13(11-2-3-24-21-11)5-12(19-22)14-17-6-10(16)15(23)18-14/h2-6H,7H2,1H3,(H,17,18,23). The molecule has 4 heterocycles. The second kappa shape index (κ2) is 5.82. The molecule has 0 unspecified atom stereocenters. The van der Waals surface area contributed by atoms with E-state index in [-0.39, 0.29) is 12.4 Å². The Kier molecular flexibility index (Phi) is 3.49. The Morgan fingerprint density at radius 3 is 2.84 bits per heavy atom. The SMILES string of the molecule is Cc1cc(Cn2nc(-c3ncc(F)c(=O)[nH]3)cc2-c2ccon2)on1. The van der Waals surface area contributed by atoms with Gasteiger partial charge in [-0.25, -0.2) is 4.98 Å². The molecule has 126 valence electrons. The highest BCUT2D eigenvalue weighted by atomic mass is 19.1. The maximum atomic E-state index is 13.1. The second-order valence-corrected chi connectivity index (χ2v) is 5.30. The fourth-order valence-electron chi connectivity index (χ4n) is 2.35. The van der Waals surface area contributed by atoms with Gasteiger partial charge >= 0.3 is 0 Å². The minimum absolute atomic E-state index is 0.142. The van der Waals surface area contributed by atoms with Crippen LogP contribution in [0.1, 0.15) is 11.5 Å². The summed E-state index contributed by atoms with van der Waals surface area (Å²) in [6.45, 7) is 2.10. The highest BCUT2D eigenvalue weighted by Gasteiger charge is 2.17. The van der Waals surface area contributed by atoms with Crippen LogP contribution in [0.4, 0.5) is 4.39 Å². The van der Waals surface area contributed by atoms with Crippen LogP contribution < -0.4 is 5.56 Å². The number of aromatic nitrogens is 6. The predicted octanol–water partition coefficient (Wildman–Crippen LogP) is 1.77. The number of halogens is 1. The van der Waals surface area contributed by atoms with Crippen LogP contribution in [0.2, 0.25) is 0 Å². The molecule has 0 aliphatic heterocycles. The maximum absolute atomic E-state index is 13.1. The molecule has 0 saturated heterocycles. The molecule has 0 aliphatic rings. The Bertz CT molecular complexity index is 1080. The normalized spacial score (nSPS) is 11.1. The number of hydrogen-bond acceptors (Lipinski definition) is 7. The van der Waals surface area contributed by atoms with Crippen molar-refractivity contribution >= 4 is 0 Å². The van der Waals surface area contributed by atoms with Crippen molar-refractivity contribution in [2.45, 2.75) is 13.5 Å². The Morgan fingerprint density at radius 1 is 1.28 bits per heavy atom. The zero-order valence-electron chi connectivity index (χ0n) is 12.9. The van der Waals surface area contributed by atoms with Gasteiger partial charge in [0.2, 0.25) is 5.82 Å². The molecule has 4 aromatic rings. The first-order valence-corrected chi connectivity index (χ1v) is 7.26. The zero-order chi connectivity index (χ0) is 17.4. The fourth-order valence-corrected chi connectivity index (χ4v) is 2.35. The van der Waals surface area contributed by atoms with E-state index in [4.69, 9.17) is 9.05 Å². The van der Waals surface area contributed by atoms with Crippen molar-refractivity contribution < 1.29 is 13.4 Å². The number of aromatic amines is 1. The zero-order valence-corrected chi connectivity index (χ0v) is 12.9. The summed E-state index contributed by atoms with van der Waals surface area (Å²) in [5.41, 5.74) is 1.39. The predicted molar refractivity (Wildman–Crippen MR) is 81.9 cm³/mol. The molecule has 4 aromatic heterocycles. The van der Waals surface area contributed by atoms with E-state index in [0.29, 0.717) is 22.8 Å². The lowest BCUT2D eigenvalue weighted by atomic mass is 10.2. The molecule has 0 atom stereocenters. The van der Waals surface area contributed by atoms with Gasteiger partial charge in [-0.2, -0.15) is 9.49 Å². The molecular formula is C15H11FN6O3. The van der Waals surface area contributed by atoms with Crippen LogP contribution in [0, 0.1) is 12.7 Å². The summed E-state index contributed by atoms with van der Waals surface area (Å²) in [7, 11) is 0. The van der Waals surface area contributed by atoms with Crippen LogP contribution in [0.5, 0.6) is 0 Å². The first-order chi connectivity index (χ1) is 12.1. The quantitative estimate of drug-likeness (QED) is 0.601. The van der Waals surface area contributed by atoms with Gasteiger partial charge in [0, 0.05) is 12.1 Å². The van der Waals surface area contributed by atoms with E-state index in [1.54, 1.807) is 22.9 Å². The van der Waals surface area contributed by atoms with Crippen LogP contribution in [0.25, 0.3) is 22.9 Å². The minimum Gasteiger partial charge on any atom is -0.364 e. The van der Waals surface area contributed by atoms with Gasteiger partial charge in [-0.05, 0) is 13.0 Å². The molecule has 9 nitrogen and oxygen atoms in total. The summed E-state index contributed by atoms with van der Waals surface area (Å²) in [6.07, 6.45) is 2.28. The van der Waals surface area contributed by atoms with E-state index in [9.17, 15) is 9.18 Å². The van der Waals surface area contributed by atoms with Gasteiger partial charge in [0.1, 0.15) is 24.2 Å². The van der Waals surface area contributed by atoms with Crippen LogP contribution in [-0.4, -0.2) is 30.1 Å². The minimum atomic E-state index is -0.961. The van der Waals surface area contributed by atoms with Crippen molar-refractivity contribution in [1.29, 1.82) is 0 Å². The number of nitrogens with zero attached hydrogens (tertiary/aromatic N) is 5. The number of nitrogens with one attached hydrogen (secondary N) is 1. The van der Waals surface area contributed by atoms with E-state index in [1.807, 2.05) is 6.92 Å². The van der Waals surface area contributed by atoms with Crippen molar-refractivity contribution in [3.05, 3.63) is 58.3 Å². The summed E-state index contributed by atoms with van der Waals surface area (Å²) in [5, 5.41) is 12.1. The van der Waals surface area contributed by atoms with Crippen LogP contribution in [0.3, 0.4) is 0 Å². The van der Waals surface area contributed by atoms with E-state index >= 15 is 0 Å². The third-order valence-corrected chi connectivity index (χ3v) is 3.46. The van der Waals surface area contributed by atoms with Gasteiger partial charge in [-0.3, -0.25) is 9.48 Å². The Hall–Kier alpha value is -3.56. The Labute approximate surface area is 139 Å². The van der Waals surface area contributed by atoms with Crippen molar-refractivity contribution in [3.63, 3.8) is 0 Å². The molecule has 0 aromatic carbocycles. The molecular weight excluding hydrogens is 331 g/mol. The summed E-state index contributed by atoms with van der Waals surface area (Å²) >= 11 is 0. The Balaban J connectivity index is 1.80. The summed E-state index contributed by atoms with van der Waals surface area (Å²) in [4.78, 5) is 17.7. The molecule has 0 spiro atoms. The van der Waals surface area contributed by atoms with Gasteiger partial charge in [-0.15, -0.1) is 0 Å². The number of H-pyrrole nitrogens is 1. The van der Waals surface area contributed by atoms with E-state index in [1.165, 1.54) is 6.26 Å².